The molecule has 3 heterocycles. The van der Waals surface area contributed by atoms with E-state index >= 15 is 13.2 Å². The van der Waals surface area contributed by atoms with Crippen LogP contribution < -0.4 is 0 Å². The number of aromatic nitrogens is 5. The molecule has 0 fully saturated rings. The van der Waals surface area contributed by atoms with Crippen molar-refractivity contribution in [2.45, 2.75) is 19.0 Å². The van der Waals surface area contributed by atoms with Gasteiger partial charge in [0.2, 0.25) is 0 Å². The molecule has 0 saturated heterocycles. The number of aryl methyl sites for hydroxylation is 2. The first-order chi connectivity index (χ1) is 27.4. The Morgan fingerprint density at radius 3 is 1.73 bits per heavy atom. The van der Waals surface area contributed by atoms with E-state index < -0.39 is 11.7 Å². The summed E-state index contributed by atoms with van der Waals surface area (Å²) in [5.41, 5.74) is 8.72. The number of para-hydroxylation sites is 2. The largest absolute Gasteiger partial charge is 0.416 e. The Labute approximate surface area is 319 Å². The third-order valence-corrected chi connectivity index (χ3v) is 11.0. The maximum absolute atomic E-state index is 15.1. The van der Waals surface area contributed by atoms with Gasteiger partial charge in [0.15, 0.2) is 17.5 Å². The van der Waals surface area contributed by atoms with Crippen molar-refractivity contribution >= 4 is 43.6 Å². The third kappa shape index (κ3) is 4.99. The summed E-state index contributed by atoms with van der Waals surface area (Å²) < 4.78 is 49.5. The monoisotopic (exact) mass is 733 g/mol. The van der Waals surface area contributed by atoms with Crippen LogP contribution in [0.25, 0.3) is 89.2 Å². The van der Waals surface area contributed by atoms with Crippen molar-refractivity contribution in [3.63, 3.8) is 0 Å². The van der Waals surface area contributed by atoms with Crippen LogP contribution in [0.2, 0.25) is 0 Å². The van der Waals surface area contributed by atoms with E-state index in [1.165, 1.54) is 17.0 Å². The zero-order valence-corrected chi connectivity index (χ0v) is 29.8. The SMILES string of the molecule is FC(F)(F)c1cc(-c2nc(-c3ccccc3)nc(-c3ccccc3)n2)cc(-n2c3ccccc3c3cc4c5c(c32)CCc2cccc(c25)n4-c2ccccc2)c1. The van der Waals surface area contributed by atoms with E-state index in [1.807, 2.05) is 102 Å². The summed E-state index contributed by atoms with van der Waals surface area (Å²) in [7, 11) is 0. The smallest absolute Gasteiger partial charge is 0.309 e. The molecule has 10 aromatic rings. The first-order valence-corrected chi connectivity index (χ1v) is 18.6. The van der Waals surface area contributed by atoms with E-state index in [2.05, 4.69) is 47.0 Å². The van der Waals surface area contributed by atoms with Crippen molar-refractivity contribution in [3.05, 3.63) is 174 Å². The molecule has 0 radical (unpaired) electrons. The Bertz CT molecular complexity index is 3110. The minimum atomic E-state index is -4.64. The second kappa shape index (κ2) is 12.2. The van der Waals surface area contributed by atoms with Gasteiger partial charge < -0.3 is 9.13 Å². The molecule has 3 aromatic heterocycles. The highest BCUT2D eigenvalue weighted by Crippen LogP contribution is 2.46. The number of fused-ring (bicyclic) bond motifs is 4. The lowest BCUT2D eigenvalue weighted by molar-refractivity contribution is -0.137. The van der Waals surface area contributed by atoms with Gasteiger partial charge in [-0.3, -0.25) is 0 Å². The summed E-state index contributed by atoms with van der Waals surface area (Å²) in [6, 6.07) is 50.1. The van der Waals surface area contributed by atoms with Crippen molar-refractivity contribution in [1.29, 1.82) is 0 Å². The standard InChI is InChI=1S/C48H30F3N5/c49-48(50,51)33-25-32(47-53-45(30-13-4-1-5-14-30)52-46(54-47)31-15-6-2-7-16-31)26-35(27-33)56-39-21-11-10-20-36(39)38-28-41-43-37(44(38)56)24-23-29-17-12-22-40(42(29)43)55(41)34-18-8-3-9-19-34/h1-22,25-28H,23-24H2. The second-order valence-corrected chi connectivity index (χ2v) is 14.3. The average Bonchev–Trinajstić information content (AvgIpc) is 3.76. The van der Waals surface area contributed by atoms with Gasteiger partial charge in [0.05, 0.1) is 27.6 Å². The van der Waals surface area contributed by atoms with Gasteiger partial charge in [-0.15, -0.1) is 0 Å². The topological polar surface area (TPSA) is 48.5 Å². The van der Waals surface area contributed by atoms with Gasteiger partial charge in [-0.2, -0.15) is 13.2 Å². The third-order valence-electron chi connectivity index (χ3n) is 11.0. The molecule has 0 N–H and O–H groups in total. The first-order valence-electron chi connectivity index (χ1n) is 18.6. The minimum absolute atomic E-state index is 0.158. The lowest BCUT2D eigenvalue weighted by Crippen LogP contribution is -2.09. The number of nitrogens with zero attached hydrogens (tertiary/aromatic N) is 5. The highest BCUT2D eigenvalue weighted by Gasteiger charge is 2.33. The van der Waals surface area contributed by atoms with Gasteiger partial charge in [0.1, 0.15) is 0 Å². The van der Waals surface area contributed by atoms with E-state index in [0.717, 1.165) is 79.5 Å². The van der Waals surface area contributed by atoms with Crippen LogP contribution in [0.3, 0.4) is 0 Å². The fraction of sp³-hybridized carbons (Fsp3) is 0.0625. The normalized spacial score (nSPS) is 12.8. The number of halogens is 3. The van der Waals surface area contributed by atoms with E-state index in [9.17, 15) is 0 Å². The van der Waals surface area contributed by atoms with Crippen molar-refractivity contribution in [3.8, 4) is 45.5 Å². The molecule has 11 rings (SSSR count). The summed E-state index contributed by atoms with van der Waals surface area (Å²) >= 11 is 0. The number of alkyl halides is 3. The highest BCUT2D eigenvalue weighted by molar-refractivity contribution is 6.22. The van der Waals surface area contributed by atoms with Gasteiger partial charge in [0.25, 0.3) is 0 Å². The Hall–Kier alpha value is -7.06. The molecule has 1 aliphatic carbocycles. The molecule has 5 nitrogen and oxygen atoms in total. The Morgan fingerprint density at radius 2 is 1.05 bits per heavy atom. The molecule has 1 aliphatic rings. The van der Waals surface area contributed by atoms with Crippen LogP contribution in [0.5, 0.6) is 0 Å². The molecule has 0 unspecified atom stereocenters. The Kier molecular flexibility index (Phi) is 7.07. The van der Waals surface area contributed by atoms with Crippen LogP contribution >= 0.6 is 0 Å². The van der Waals surface area contributed by atoms with E-state index in [1.54, 1.807) is 6.07 Å². The van der Waals surface area contributed by atoms with E-state index in [0.29, 0.717) is 17.3 Å². The summed E-state index contributed by atoms with van der Waals surface area (Å²) in [6.07, 6.45) is -3.07. The summed E-state index contributed by atoms with van der Waals surface area (Å²) in [5, 5.41) is 4.30. The van der Waals surface area contributed by atoms with Crippen LogP contribution in [0.1, 0.15) is 16.7 Å². The molecule has 7 aromatic carbocycles. The van der Waals surface area contributed by atoms with Crippen LogP contribution in [-0.4, -0.2) is 24.1 Å². The van der Waals surface area contributed by atoms with Gasteiger partial charge in [-0.1, -0.05) is 109 Å². The minimum Gasteiger partial charge on any atom is -0.309 e. The number of hydrogen-bond donors (Lipinski definition) is 0. The second-order valence-electron chi connectivity index (χ2n) is 14.3. The molecule has 8 heteroatoms. The van der Waals surface area contributed by atoms with Gasteiger partial charge >= 0.3 is 6.18 Å². The first kappa shape index (κ1) is 32.4. The molecule has 0 saturated carbocycles. The summed E-state index contributed by atoms with van der Waals surface area (Å²) in [4.78, 5) is 14.4. The molecule has 268 valence electrons. The molecule has 0 aliphatic heterocycles. The van der Waals surface area contributed by atoms with Gasteiger partial charge in [-0.05, 0) is 72.5 Å². The van der Waals surface area contributed by atoms with E-state index in [4.69, 9.17) is 15.0 Å². The van der Waals surface area contributed by atoms with Crippen molar-refractivity contribution in [2.75, 3.05) is 0 Å². The predicted octanol–water partition coefficient (Wildman–Crippen LogP) is 12.2. The number of rotatable bonds is 5. The molecule has 56 heavy (non-hydrogen) atoms. The summed E-state index contributed by atoms with van der Waals surface area (Å²) in [6.45, 7) is 0. The number of benzene rings is 7. The fourth-order valence-electron chi connectivity index (χ4n) is 8.64. The highest BCUT2D eigenvalue weighted by atomic mass is 19.4. The van der Waals surface area contributed by atoms with Crippen LogP contribution in [0.4, 0.5) is 13.2 Å². The zero-order valence-electron chi connectivity index (χ0n) is 29.8. The molecule has 0 spiro atoms. The van der Waals surface area contributed by atoms with Crippen LogP contribution in [0.15, 0.2) is 158 Å². The zero-order chi connectivity index (χ0) is 37.5. The molecule has 0 atom stereocenters. The quantitative estimate of drug-likeness (QED) is 0.177. The maximum Gasteiger partial charge on any atom is 0.416 e. The van der Waals surface area contributed by atoms with Crippen molar-refractivity contribution in [2.24, 2.45) is 0 Å². The molecule has 0 amide bonds. The van der Waals surface area contributed by atoms with Crippen molar-refractivity contribution < 1.29 is 13.2 Å². The maximum atomic E-state index is 15.1. The van der Waals surface area contributed by atoms with E-state index in [-0.39, 0.29) is 11.4 Å². The van der Waals surface area contributed by atoms with Gasteiger partial charge in [-0.25, -0.2) is 15.0 Å². The lowest BCUT2D eigenvalue weighted by atomic mass is 9.89. The lowest BCUT2D eigenvalue weighted by Gasteiger charge is -2.19. The number of hydrogen-bond acceptors (Lipinski definition) is 3. The molecule has 0 bridgehead atoms. The Morgan fingerprint density at radius 1 is 0.446 bits per heavy atom. The van der Waals surface area contributed by atoms with Crippen molar-refractivity contribution in [1.82, 2.24) is 24.1 Å². The van der Waals surface area contributed by atoms with Gasteiger partial charge in [0, 0.05) is 49.6 Å². The van der Waals surface area contributed by atoms with Crippen LogP contribution in [0, 0.1) is 0 Å². The molecular weight excluding hydrogens is 704 g/mol. The molecular formula is C48H30F3N5. The fourth-order valence-corrected chi connectivity index (χ4v) is 8.64. The average molecular weight is 734 g/mol. The predicted molar refractivity (Wildman–Crippen MR) is 217 cm³/mol. The van der Waals surface area contributed by atoms with Crippen LogP contribution in [-0.2, 0) is 19.0 Å². The summed E-state index contributed by atoms with van der Waals surface area (Å²) in [5.74, 6) is 0.913. The Balaban J connectivity index is 1.23.